The van der Waals surface area contributed by atoms with Gasteiger partial charge in [-0.15, -0.1) is 0 Å². The number of rotatable bonds is 0. The van der Waals surface area contributed by atoms with E-state index in [0.717, 1.165) is 13.0 Å². The Morgan fingerprint density at radius 1 is 1.55 bits per heavy atom. The van der Waals surface area contributed by atoms with Gasteiger partial charge >= 0.3 is 6.09 Å². The van der Waals surface area contributed by atoms with E-state index in [9.17, 15) is 4.79 Å². The van der Waals surface area contributed by atoms with Crippen molar-refractivity contribution in [3.05, 3.63) is 0 Å². The average Bonchev–Trinajstić information content (AvgIpc) is 2.32. The Bertz CT molecular complexity index is 158. The lowest BCUT2D eigenvalue weighted by atomic mass is 10.1. The van der Waals surface area contributed by atoms with Crippen LogP contribution in [0.2, 0.25) is 0 Å². The van der Waals surface area contributed by atoms with Gasteiger partial charge < -0.3 is 9.64 Å². The largest absolute Gasteiger partial charge is 0.453 e. The number of amides is 1. The molecule has 2 atom stereocenters. The maximum absolute atomic E-state index is 11.1. The van der Waals surface area contributed by atoms with Crippen LogP contribution >= 0.6 is 0 Å². The van der Waals surface area contributed by atoms with E-state index in [2.05, 4.69) is 18.6 Å². The predicted octanol–water partition coefficient (Wildman–Crippen LogP) is 1.48. The first-order valence-electron chi connectivity index (χ1n) is 4.01. The highest BCUT2D eigenvalue weighted by molar-refractivity contribution is 5.68. The molecule has 1 fully saturated rings. The fourth-order valence-electron chi connectivity index (χ4n) is 1.47. The van der Waals surface area contributed by atoms with Crippen molar-refractivity contribution in [3.8, 4) is 0 Å². The fourth-order valence-corrected chi connectivity index (χ4v) is 1.47. The zero-order valence-corrected chi connectivity index (χ0v) is 7.33. The van der Waals surface area contributed by atoms with Gasteiger partial charge in [0.15, 0.2) is 0 Å². The van der Waals surface area contributed by atoms with E-state index in [0.29, 0.717) is 12.0 Å². The highest BCUT2D eigenvalue weighted by Crippen LogP contribution is 2.23. The van der Waals surface area contributed by atoms with Gasteiger partial charge in [0.05, 0.1) is 7.11 Å². The first-order valence-corrected chi connectivity index (χ1v) is 4.01. The molecule has 3 heteroatoms. The molecular weight excluding hydrogens is 142 g/mol. The van der Waals surface area contributed by atoms with Crippen LogP contribution in [0.4, 0.5) is 4.79 Å². The molecule has 1 amide bonds. The van der Waals surface area contributed by atoms with Gasteiger partial charge in [0.25, 0.3) is 0 Å². The summed E-state index contributed by atoms with van der Waals surface area (Å²) in [4.78, 5) is 12.9. The van der Waals surface area contributed by atoms with E-state index < -0.39 is 0 Å². The first kappa shape index (κ1) is 8.37. The molecule has 0 aromatic carbocycles. The van der Waals surface area contributed by atoms with Crippen LogP contribution in [0.1, 0.15) is 20.3 Å². The molecule has 11 heavy (non-hydrogen) atoms. The van der Waals surface area contributed by atoms with Crippen molar-refractivity contribution in [1.82, 2.24) is 4.90 Å². The minimum Gasteiger partial charge on any atom is -0.453 e. The number of nitrogens with zero attached hydrogens (tertiary/aromatic N) is 1. The lowest BCUT2D eigenvalue weighted by Crippen LogP contribution is -2.35. The zero-order chi connectivity index (χ0) is 8.43. The SMILES string of the molecule is COC(=O)N1CCC(C)C1C. The van der Waals surface area contributed by atoms with Crippen LogP contribution < -0.4 is 0 Å². The number of carbonyl (C=O) groups is 1. The van der Waals surface area contributed by atoms with Crippen molar-refractivity contribution in [1.29, 1.82) is 0 Å². The molecular formula is C8H15NO2. The summed E-state index contributed by atoms with van der Waals surface area (Å²) < 4.78 is 4.64. The molecule has 0 aromatic heterocycles. The molecule has 0 N–H and O–H groups in total. The minimum atomic E-state index is -0.193. The smallest absolute Gasteiger partial charge is 0.409 e. The third kappa shape index (κ3) is 1.47. The van der Waals surface area contributed by atoms with Crippen molar-refractivity contribution in [3.63, 3.8) is 0 Å². The summed E-state index contributed by atoms with van der Waals surface area (Å²) >= 11 is 0. The van der Waals surface area contributed by atoms with Gasteiger partial charge in [-0.2, -0.15) is 0 Å². The van der Waals surface area contributed by atoms with E-state index in [4.69, 9.17) is 0 Å². The second-order valence-corrected chi connectivity index (χ2v) is 3.17. The summed E-state index contributed by atoms with van der Waals surface area (Å²) in [5.74, 6) is 0.606. The molecule has 0 aromatic rings. The highest BCUT2D eigenvalue weighted by atomic mass is 16.5. The molecule has 1 heterocycles. The van der Waals surface area contributed by atoms with Gasteiger partial charge in [-0.1, -0.05) is 6.92 Å². The zero-order valence-electron chi connectivity index (χ0n) is 7.33. The Morgan fingerprint density at radius 2 is 2.18 bits per heavy atom. The molecule has 3 nitrogen and oxygen atoms in total. The Labute approximate surface area is 67.3 Å². The summed E-state index contributed by atoms with van der Waals surface area (Å²) in [6.45, 7) is 5.07. The summed E-state index contributed by atoms with van der Waals surface area (Å²) in [6.07, 6.45) is 0.901. The summed E-state index contributed by atoms with van der Waals surface area (Å²) in [6, 6.07) is 0.336. The predicted molar refractivity (Wildman–Crippen MR) is 42.4 cm³/mol. The molecule has 0 spiro atoms. The van der Waals surface area contributed by atoms with Gasteiger partial charge in [0.1, 0.15) is 0 Å². The Morgan fingerprint density at radius 3 is 2.55 bits per heavy atom. The van der Waals surface area contributed by atoms with E-state index in [-0.39, 0.29) is 6.09 Å². The van der Waals surface area contributed by atoms with E-state index >= 15 is 0 Å². The van der Waals surface area contributed by atoms with Gasteiger partial charge in [-0.25, -0.2) is 4.79 Å². The van der Waals surface area contributed by atoms with Crippen molar-refractivity contribution < 1.29 is 9.53 Å². The van der Waals surface area contributed by atoms with E-state index in [1.54, 1.807) is 4.90 Å². The average molecular weight is 157 g/mol. The molecule has 1 saturated heterocycles. The number of hydrogen-bond donors (Lipinski definition) is 0. The quantitative estimate of drug-likeness (QED) is 0.533. The lowest BCUT2D eigenvalue weighted by molar-refractivity contribution is 0.118. The van der Waals surface area contributed by atoms with E-state index in [1.165, 1.54) is 7.11 Å². The standard InChI is InChI=1S/C8H15NO2/c1-6-4-5-9(7(6)2)8(10)11-3/h6-7H,4-5H2,1-3H3. The van der Waals surface area contributed by atoms with Crippen molar-refractivity contribution >= 4 is 6.09 Å². The molecule has 0 saturated carbocycles. The molecule has 2 unspecified atom stereocenters. The van der Waals surface area contributed by atoms with Crippen LogP contribution in [0.25, 0.3) is 0 Å². The van der Waals surface area contributed by atoms with Gasteiger partial charge in [0.2, 0.25) is 0 Å². The number of carbonyl (C=O) groups excluding carboxylic acids is 1. The van der Waals surface area contributed by atoms with Crippen LogP contribution in [0.3, 0.4) is 0 Å². The summed E-state index contributed by atoms with van der Waals surface area (Å²) in [5, 5.41) is 0. The van der Waals surface area contributed by atoms with Gasteiger partial charge in [-0.05, 0) is 19.3 Å². The van der Waals surface area contributed by atoms with Gasteiger partial charge in [0, 0.05) is 12.6 Å². The maximum atomic E-state index is 11.1. The molecule has 1 aliphatic heterocycles. The second-order valence-electron chi connectivity index (χ2n) is 3.17. The fraction of sp³-hybridized carbons (Fsp3) is 0.875. The van der Waals surface area contributed by atoms with Crippen LogP contribution in [-0.2, 0) is 4.74 Å². The molecule has 0 radical (unpaired) electrons. The summed E-state index contributed by atoms with van der Waals surface area (Å²) in [5.41, 5.74) is 0. The third-order valence-electron chi connectivity index (χ3n) is 2.55. The van der Waals surface area contributed by atoms with Gasteiger partial charge in [-0.3, -0.25) is 0 Å². The number of ether oxygens (including phenoxy) is 1. The minimum absolute atomic E-state index is 0.193. The van der Waals surface area contributed by atoms with Crippen LogP contribution in [0.5, 0.6) is 0 Å². The normalized spacial score (nSPS) is 30.6. The molecule has 0 aliphatic carbocycles. The molecule has 0 bridgehead atoms. The molecule has 64 valence electrons. The first-order chi connectivity index (χ1) is 5.16. The van der Waals surface area contributed by atoms with Crippen molar-refractivity contribution in [2.75, 3.05) is 13.7 Å². The van der Waals surface area contributed by atoms with Crippen LogP contribution in [-0.4, -0.2) is 30.7 Å². The lowest BCUT2D eigenvalue weighted by Gasteiger charge is -2.21. The van der Waals surface area contributed by atoms with Crippen molar-refractivity contribution in [2.24, 2.45) is 5.92 Å². The van der Waals surface area contributed by atoms with E-state index in [1.807, 2.05) is 0 Å². The third-order valence-corrected chi connectivity index (χ3v) is 2.55. The topological polar surface area (TPSA) is 29.5 Å². The highest BCUT2D eigenvalue weighted by Gasteiger charge is 2.31. The Hall–Kier alpha value is -0.730. The number of methoxy groups -OCH3 is 1. The van der Waals surface area contributed by atoms with Crippen molar-refractivity contribution in [2.45, 2.75) is 26.3 Å². The Kier molecular flexibility index (Phi) is 2.37. The molecule has 1 rings (SSSR count). The Balaban J connectivity index is 2.54. The van der Waals surface area contributed by atoms with Crippen LogP contribution in [0.15, 0.2) is 0 Å². The molecule has 1 aliphatic rings. The second kappa shape index (κ2) is 3.11. The number of hydrogen-bond acceptors (Lipinski definition) is 2. The maximum Gasteiger partial charge on any atom is 0.409 e. The summed E-state index contributed by atoms with van der Waals surface area (Å²) in [7, 11) is 1.43. The monoisotopic (exact) mass is 157 g/mol. The van der Waals surface area contributed by atoms with Crippen LogP contribution in [0, 0.1) is 5.92 Å². The number of likely N-dealkylation sites (tertiary alicyclic amines) is 1.